The van der Waals surface area contributed by atoms with Crippen molar-refractivity contribution >= 4 is 0 Å². The molecule has 44 heavy (non-hydrogen) atoms. The fourth-order valence-corrected chi connectivity index (χ4v) is 7.31. The third kappa shape index (κ3) is 11.7. The van der Waals surface area contributed by atoms with Gasteiger partial charge in [0.1, 0.15) is 6.10 Å². The Morgan fingerprint density at radius 1 is 0.591 bits per heavy atom. The molecule has 3 heterocycles. The molecule has 0 saturated carbocycles. The van der Waals surface area contributed by atoms with Crippen LogP contribution in [-0.2, 0) is 14.2 Å². The molecule has 2 N–H and O–H groups in total. The molecule has 3 aliphatic heterocycles. The van der Waals surface area contributed by atoms with E-state index in [-0.39, 0.29) is 23.2 Å². The smallest absolute Gasteiger partial charge is 0.109 e. The number of hydrogen-bond acceptors (Lipinski definition) is 5. The Hall–Kier alpha value is -0.460. The monoisotopic (exact) mass is 625 g/mol. The van der Waals surface area contributed by atoms with E-state index in [0.717, 1.165) is 11.8 Å². The van der Waals surface area contributed by atoms with Crippen LogP contribution in [0, 0.1) is 53.3 Å². The van der Waals surface area contributed by atoms with Crippen molar-refractivity contribution in [2.75, 3.05) is 0 Å². The highest BCUT2D eigenvalue weighted by atomic mass is 16.5. The van der Waals surface area contributed by atoms with Gasteiger partial charge < -0.3 is 24.4 Å². The van der Waals surface area contributed by atoms with Crippen molar-refractivity contribution in [3.63, 3.8) is 0 Å². The number of aliphatic hydroxyl groups excluding tert-OH is 2. The maximum absolute atomic E-state index is 10.2. The Morgan fingerprint density at radius 3 is 1.50 bits per heavy atom. The zero-order valence-corrected chi connectivity index (χ0v) is 32.3. The summed E-state index contributed by atoms with van der Waals surface area (Å²) in [6, 6.07) is 0. The molecular weight excluding hydrogens is 548 g/mol. The molecule has 0 spiro atoms. The second kappa shape index (κ2) is 16.6. The van der Waals surface area contributed by atoms with Gasteiger partial charge in [0.15, 0.2) is 0 Å². The molecule has 8 unspecified atom stereocenters. The van der Waals surface area contributed by atoms with Crippen LogP contribution >= 0.6 is 0 Å². The lowest BCUT2D eigenvalue weighted by Crippen LogP contribution is -2.61. The summed E-state index contributed by atoms with van der Waals surface area (Å²) in [7, 11) is 0. The van der Waals surface area contributed by atoms with E-state index in [1.54, 1.807) is 0 Å². The molecule has 2 fully saturated rings. The normalized spacial score (nSPS) is 34.7. The maximum atomic E-state index is 10.2. The number of ether oxygens (including phenoxy) is 3. The van der Waals surface area contributed by atoms with Crippen LogP contribution in [0.25, 0.3) is 0 Å². The van der Waals surface area contributed by atoms with Gasteiger partial charge in [-0.15, -0.1) is 0 Å². The van der Waals surface area contributed by atoms with E-state index in [2.05, 4.69) is 123 Å². The van der Waals surface area contributed by atoms with Crippen molar-refractivity contribution in [1.82, 2.24) is 0 Å². The molecule has 2 saturated heterocycles. The SMILES string of the molecule is CC(C)C1C=CC(C)(C)OC1C(C)C.CC(C)C1CCC(C)(C)OC1C(C)C.CC(C)C1OC(C)(C)C(O)C(O)C1C(C)C. The molecule has 0 radical (unpaired) electrons. The van der Waals surface area contributed by atoms with Crippen LogP contribution in [0.3, 0.4) is 0 Å². The van der Waals surface area contributed by atoms with Crippen LogP contribution in [0.5, 0.6) is 0 Å². The van der Waals surface area contributed by atoms with Gasteiger partial charge in [-0.2, -0.15) is 0 Å². The van der Waals surface area contributed by atoms with Crippen LogP contribution in [0.2, 0.25) is 0 Å². The highest BCUT2D eigenvalue weighted by Gasteiger charge is 2.50. The van der Waals surface area contributed by atoms with Crippen molar-refractivity contribution in [2.45, 2.75) is 185 Å². The highest BCUT2D eigenvalue weighted by Crippen LogP contribution is 2.40. The van der Waals surface area contributed by atoms with Gasteiger partial charge in [-0.1, -0.05) is 95.2 Å². The molecule has 0 bridgehead atoms. The third-order valence-corrected chi connectivity index (χ3v) is 10.1. The summed E-state index contributed by atoms with van der Waals surface area (Å²) in [5, 5.41) is 20.3. The summed E-state index contributed by atoms with van der Waals surface area (Å²) < 4.78 is 18.3. The lowest BCUT2D eigenvalue weighted by Gasteiger charge is -2.50. The predicted octanol–water partition coefficient (Wildman–Crippen LogP) is 9.33. The van der Waals surface area contributed by atoms with Crippen LogP contribution in [0.15, 0.2) is 12.2 Å². The van der Waals surface area contributed by atoms with Crippen molar-refractivity contribution in [2.24, 2.45) is 53.3 Å². The van der Waals surface area contributed by atoms with E-state index in [1.807, 2.05) is 13.8 Å². The maximum Gasteiger partial charge on any atom is 0.109 e. The largest absolute Gasteiger partial charge is 0.390 e. The third-order valence-electron chi connectivity index (χ3n) is 10.1. The molecule has 262 valence electrons. The molecule has 0 aliphatic carbocycles. The molecular formula is C39H76O5. The molecule has 0 aromatic rings. The van der Waals surface area contributed by atoms with Crippen molar-refractivity contribution < 1.29 is 24.4 Å². The first-order chi connectivity index (χ1) is 19.8. The van der Waals surface area contributed by atoms with E-state index in [4.69, 9.17) is 14.2 Å². The number of hydrogen-bond donors (Lipinski definition) is 2. The van der Waals surface area contributed by atoms with E-state index >= 15 is 0 Å². The van der Waals surface area contributed by atoms with E-state index in [1.165, 1.54) is 12.8 Å². The number of aliphatic hydroxyl groups is 2. The molecule has 5 heteroatoms. The second-order valence-electron chi connectivity index (χ2n) is 17.8. The van der Waals surface area contributed by atoms with Crippen LogP contribution in [0.4, 0.5) is 0 Å². The summed E-state index contributed by atoms with van der Waals surface area (Å²) in [6.45, 7) is 39.0. The Morgan fingerprint density at radius 2 is 1.09 bits per heavy atom. The first-order valence-electron chi connectivity index (χ1n) is 17.9. The second-order valence-corrected chi connectivity index (χ2v) is 17.8. The first-order valence-corrected chi connectivity index (χ1v) is 17.9. The van der Waals surface area contributed by atoms with Gasteiger partial charge in [-0.3, -0.25) is 0 Å². The molecule has 0 aromatic heterocycles. The van der Waals surface area contributed by atoms with Crippen LogP contribution in [-0.4, -0.2) is 57.5 Å². The zero-order valence-electron chi connectivity index (χ0n) is 32.3. The lowest BCUT2D eigenvalue weighted by atomic mass is 9.73. The standard InChI is InChI=1S/C13H26O3.C13H26O.C13H24O/c1-7(2)9-10(14)12(15)13(5,6)16-11(9)8(3)4;2*1-9(2)11-7-8-13(5,6)14-12(11)10(3)4/h7-12,14-15H,1-6H3;9-12H,7-8H2,1-6H3;7-12H,1-6H3. The summed E-state index contributed by atoms with van der Waals surface area (Å²) >= 11 is 0. The Labute approximate surface area is 274 Å². The summed E-state index contributed by atoms with van der Waals surface area (Å²) in [6.07, 6.45) is 6.41. The average Bonchev–Trinajstić information content (AvgIpc) is 2.85. The summed E-state index contributed by atoms with van der Waals surface area (Å²) in [4.78, 5) is 0. The molecule has 0 aromatic carbocycles. The Kier molecular flexibility index (Phi) is 15.7. The van der Waals surface area contributed by atoms with Gasteiger partial charge in [-0.25, -0.2) is 0 Å². The number of rotatable bonds is 6. The molecule has 3 aliphatic rings. The van der Waals surface area contributed by atoms with Crippen LogP contribution in [0.1, 0.15) is 137 Å². The minimum Gasteiger partial charge on any atom is -0.390 e. The highest BCUT2D eigenvalue weighted by molar-refractivity contribution is 5.07. The Bertz CT molecular complexity index is 853. The van der Waals surface area contributed by atoms with Crippen molar-refractivity contribution in [3.05, 3.63) is 12.2 Å². The molecule has 5 nitrogen and oxygen atoms in total. The van der Waals surface area contributed by atoms with Gasteiger partial charge in [0, 0.05) is 11.8 Å². The Balaban J connectivity index is 0.000000331. The summed E-state index contributed by atoms with van der Waals surface area (Å²) in [5.74, 6) is 4.61. The zero-order chi connectivity index (χ0) is 34.5. The van der Waals surface area contributed by atoms with E-state index in [9.17, 15) is 10.2 Å². The fraction of sp³-hybridized carbons (Fsp3) is 0.949. The van der Waals surface area contributed by atoms with Crippen molar-refractivity contribution in [3.8, 4) is 0 Å². The van der Waals surface area contributed by atoms with Crippen LogP contribution < -0.4 is 0 Å². The van der Waals surface area contributed by atoms with Crippen molar-refractivity contribution in [1.29, 1.82) is 0 Å². The van der Waals surface area contributed by atoms with E-state index < -0.39 is 17.8 Å². The minimum atomic E-state index is -0.810. The average molecular weight is 625 g/mol. The van der Waals surface area contributed by atoms with Gasteiger partial charge in [0.2, 0.25) is 0 Å². The minimum absolute atomic E-state index is 0.00280. The van der Waals surface area contributed by atoms with E-state index in [0.29, 0.717) is 47.7 Å². The topological polar surface area (TPSA) is 68.2 Å². The van der Waals surface area contributed by atoms with Gasteiger partial charge in [-0.05, 0) is 95.8 Å². The van der Waals surface area contributed by atoms with Gasteiger partial charge in [0.05, 0.1) is 41.2 Å². The fourth-order valence-electron chi connectivity index (χ4n) is 7.31. The quantitative estimate of drug-likeness (QED) is 0.288. The molecule has 8 atom stereocenters. The van der Waals surface area contributed by atoms with Gasteiger partial charge in [0.25, 0.3) is 0 Å². The first kappa shape index (κ1) is 41.6. The summed E-state index contributed by atoms with van der Waals surface area (Å²) in [5.41, 5.74) is -0.652. The lowest BCUT2D eigenvalue weighted by molar-refractivity contribution is -0.255. The van der Waals surface area contributed by atoms with Gasteiger partial charge >= 0.3 is 0 Å². The molecule has 0 amide bonds. The molecule has 3 rings (SSSR count). The predicted molar refractivity (Wildman–Crippen MR) is 187 cm³/mol.